The molecule has 1 aromatic carbocycles. The minimum Gasteiger partial charge on any atom is -0.371 e. The molecule has 1 aromatic heterocycles. The molecule has 1 N–H and O–H groups in total. The number of hydrogen-bond donors (Lipinski definition) is 1. The molecule has 1 unspecified atom stereocenters. The van der Waals surface area contributed by atoms with Crippen LogP contribution in [0.4, 0.5) is 5.69 Å². The molecule has 1 fully saturated rings. The van der Waals surface area contributed by atoms with Crippen LogP contribution < -0.4 is 10.4 Å². The van der Waals surface area contributed by atoms with Gasteiger partial charge in [0.1, 0.15) is 0 Å². The van der Waals surface area contributed by atoms with Gasteiger partial charge in [0.25, 0.3) is 0 Å². The third kappa shape index (κ3) is 4.15. The SMILES string of the molecule is O=CNOC(=O)C(c1ccccc1)C1CCN(c2ccncc2)CC1. The summed E-state index contributed by atoms with van der Waals surface area (Å²) in [6, 6.07) is 13.6. The topological polar surface area (TPSA) is 71.5 Å². The first-order valence-electron chi connectivity index (χ1n) is 8.39. The summed E-state index contributed by atoms with van der Waals surface area (Å²) >= 11 is 0. The number of piperidine rings is 1. The van der Waals surface area contributed by atoms with Gasteiger partial charge in [0.2, 0.25) is 6.41 Å². The predicted octanol–water partition coefficient (Wildman–Crippen LogP) is 2.29. The van der Waals surface area contributed by atoms with Crippen molar-refractivity contribution in [1.29, 1.82) is 0 Å². The van der Waals surface area contributed by atoms with Gasteiger partial charge in [0.05, 0.1) is 5.92 Å². The number of nitrogens with one attached hydrogen (secondary N) is 1. The fraction of sp³-hybridized carbons (Fsp3) is 0.316. The Morgan fingerprint density at radius 2 is 1.84 bits per heavy atom. The van der Waals surface area contributed by atoms with E-state index in [4.69, 9.17) is 4.84 Å². The van der Waals surface area contributed by atoms with Crippen LogP contribution in [0.5, 0.6) is 0 Å². The van der Waals surface area contributed by atoms with Gasteiger partial charge in [-0.1, -0.05) is 30.3 Å². The van der Waals surface area contributed by atoms with Crippen molar-refractivity contribution in [1.82, 2.24) is 10.5 Å². The zero-order chi connectivity index (χ0) is 17.5. The van der Waals surface area contributed by atoms with Gasteiger partial charge >= 0.3 is 5.97 Å². The molecule has 1 aliphatic rings. The van der Waals surface area contributed by atoms with Crippen molar-refractivity contribution in [2.24, 2.45) is 5.92 Å². The number of carbonyl (C=O) groups excluding carboxylic acids is 2. The number of nitrogens with zero attached hydrogens (tertiary/aromatic N) is 2. The summed E-state index contributed by atoms with van der Waals surface area (Å²) in [5, 5.41) is 0. The van der Waals surface area contributed by atoms with Gasteiger partial charge in [-0.25, -0.2) is 4.79 Å². The summed E-state index contributed by atoms with van der Waals surface area (Å²) < 4.78 is 0. The van der Waals surface area contributed by atoms with Crippen LogP contribution in [0.1, 0.15) is 24.3 Å². The standard InChI is InChI=1S/C19H21N3O3/c23-14-21-25-19(24)18(15-4-2-1-3-5-15)16-8-12-22(13-9-16)17-6-10-20-11-7-17/h1-7,10-11,14,16,18H,8-9,12-13H2,(H,21,23). The van der Waals surface area contributed by atoms with Crippen molar-refractivity contribution < 1.29 is 14.4 Å². The number of pyridine rings is 1. The van der Waals surface area contributed by atoms with Gasteiger partial charge < -0.3 is 9.74 Å². The monoisotopic (exact) mass is 339 g/mol. The second-order valence-corrected chi connectivity index (χ2v) is 6.08. The van der Waals surface area contributed by atoms with Crippen LogP contribution in [0.3, 0.4) is 0 Å². The predicted molar refractivity (Wildman–Crippen MR) is 93.6 cm³/mol. The first-order valence-corrected chi connectivity index (χ1v) is 8.39. The van der Waals surface area contributed by atoms with E-state index < -0.39 is 5.97 Å². The van der Waals surface area contributed by atoms with E-state index in [1.54, 1.807) is 12.4 Å². The number of amides is 1. The van der Waals surface area contributed by atoms with Crippen molar-refractivity contribution in [3.8, 4) is 0 Å². The normalized spacial score (nSPS) is 16.1. The van der Waals surface area contributed by atoms with Crippen LogP contribution in [-0.4, -0.2) is 30.5 Å². The minimum atomic E-state index is -0.416. The lowest BCUT2D eigenvalue weighted by molar-refractivity contribution is -0.157. The zero-order valence-corrected chi connectivity index (χ0v) is 13.9. The second-order valence-electron chi connectivity index (χ2n) is 6.08. The maximum Gasteiger partial charge on any atom is 0.339 e. The molecule has 1 atom stereocenters. The minimum absolute atomic E-state index is 0.168. The molecule has 1 aliphatic heterocycles. The van der Waals surface area contributed by atoms with Gasteiger partial charge in [-0.2, -0.15) is 5.48 Å². The summed E-state index contributed by atoms with van der Waals surface area (Å²) in [6.45, 7) is 1.73. The summed E-state index contributed by atoms with van der Waals surface area (Å²) in [6.07, 6.45) is 5.69. The Morgan fingerprint density at radius 3 is 2.48 bits per heavy atom. The molecule has 2 heterocycles. The van der Waals surface area contributed by atoms with Gasteiger partial charge in [0.15, 0.2) is 0 Å². The molecular formula is C19H21N3O3. The van der Waals surface area contributed by atoms with Crippen molar-refractivity contribution in [2.75, 3.05) is 18.0 Å². The summed E-state index contributed by atoms with van der Waals surface area (Å²) in [7, 11) is 0. The first kappa shape index (κ1) is 17.0. The van der Waals surface area contributed by atoms with Crippen molar-refractivity contribution in [3.05, 3.63) is 60.4 Å². The quantitative estimate of drug-likeness (QED) is 0.646. The lowest BCUT2D eigenvalue weighted by Gasteiger charge is -2.36. The van der Waals surface area contributed by atoms with Crippen LogP contribution >= 0.6 is 0 Å². The highest BCUT2D eigenvalue weighted by molar-refractivity contribution is 5.79. The summed E-state index contributed by atoms with van der Waals surface area (Å²) in [5.41, 5.74) is 4.09. The number of aromatic nitrogens is 1. The Bertz CT molecular complexity index is 686. The van der Waals surface area contributed by atoms with E-state index in [-0.39, 0.29) is 11.8 Å². The molecule has 0 radical (unpaired) electrons. The van der Waals surface area contributed by atoms with Crippen LogP contribution in [0.15, 0.2) is 54.9 Å². The Labute approximate surface area is 146 Å². The third-order valence-corrected chi connectivity index (χ3v) is 4.66. The molecule has 6 heteroatoms. The molecule has 2 aromatic rings. The van der Waals surface area contributed by atoms with E-state index in [0.717, 1.165) is 37.2 Å². The fourth-order valence-corrected chi connectivity index (χ4v) is 3.45. The average Bonchev–Trinajstić information content (AvgIpc) is 2.69. The Kier molecular flexibility index (Phi) is 5.61. The molecule has 0 aliphatic carbocycles. The Balaban J connectivity index is 1.72. The number of rotatable bonds is 6. The van der Waals surface area contributed by atoms with Crippen molar-refractivity contribution in [2.45, 2.75) is 18.8 Å². The van der Waals surface area contributed by atoms with E-state index in [2.05, 4.69) is 9.88 Å². The van der Waals surface area contributed by atoms with Gasteiger partial charge in [0, 0.05) is 31.2 Å². The van der Waals surface area contributed by atoms with E-state index in [1.165, 1.54) is 0 Å². The van der Waals surface area contributed by atoms with Crippen LogP contribution in [0.25, 0.3) is 0 Å². The van der Waals surface area contributed by atoms with Crippen LogP contribution in [0.2, 0.25) is 0 Å². The van der Waals surface area contributed by atoms with E-state index in [0.29, 0.717) is 6.41 Å². The summed E-state index contributed by atoms with van der Waals surface area (Å²) in [4.78, 5) is 34.2. The van der Waals surface area contributed by atoms with E-state index in [9.17, 15) is 9.59 Å². The first-order chi connectivity index (χ1) is 12.3. The number of carbonyl (C=O) groups is 2. The molecule has 0 spiro atoms. The Morgan fingerprint density at radius 1 is 1.16 bits per heavy atom. The number of hydrogen-bond acceptors (Lipinski definition) is 5. The van der Waals surface area contributed by atoms with Gasteiger partial charge in [-0.15, -0.1) is 0 Å². The average molecular weight is 339 g/mol. The highest BCUT2D eigenvalue weighted by Gasteiger charge is 2.34. The van der Waals surface area contributed by atoms with Crippen LogP contribution in [0, 0.1) is 5.92 Å². The van der Waals surface area contributed by atoms with Gasteiger partial charge in [-0.3, -0.25) is 9.78 Å². The molecule has 1 saturated heterocycles. The molecule has 3 rings (SSSR count). The third-order valence-electron chi connectivity index (χ3n) is 4.66. The Hall–Kier alpha value is -2.89. The van der Waals surface area contributed by atoms with E-state index in [1.807, 2.05) is 47.9 Å². The maximum atomic E-state index is 12.5. The number of hydroxylamine groups is 1. The highest BCUT2D eigenvalue weighted by Crippen LogP contribution is 2.34. The fourth-order valence-electron chi connectivity index (χ4n) is 3.45. The van der Waals surface area contributed by atoms with E-state index >= 15 is 0 Å². The number of anilines is 1. The van der Waals surface area contributed by atoms with Crippen molar-refractivity contribution >= 4 is 18.1 Å². The molecule has 6 nitrogen and oxygen atoms in total. The maximum absolute atomic E-state index is 12.5. The number of benzene rings is 1. The smallest absolute Gasteiger partial charge is 0.339 e. The molecule has 0 saturated carbocycles. The molecule has 1 amide bonds. The highest BCUT2D eigenvalue weighted by atomic mass is 16.7. The van der Waals surface area contributed by atoms with Crippen molar-refractivity contribution in [3.63, 3.8) is 0 Å². The van der Waals surface area contributed by atoms with Crippen LogP contribution in [-0.2, 0) is 14.4 Å². The molecule has 0 bridgehead atoms. The molecule has 25 heavy (non-hydrogen) atoms. The zero-order valence-electron chi connectivity index (χ0n) is 13.9. The summed E-state index contributed by atoms with van der Waals surface area (Å²) in [5.74, 6) is -0.629. The molecular weight excluding hydrogens is 318 g/mol. The van der Waals surface area contributed by atoms with Gasteiger partial charge in [-0.05, 0) is 36.5 Å². The lowest BCUT2D eigenvalue weighted by atomic mass is 9.80. The molecule has 130 valence electrons. The second kappa shape index (κ2) is 8.28. The largest absolute Gasteiger partial charge is 0.371 e. The lowest BCUT2D eigenvalue weighted by Crippen LogP contribution is -2.38.